The number of nitro benzene ring substituents is 1. The van der Waals surface area contributed by atoms with E-state index in [-0.39, 0.29) is 12.2 Å². The summed E-state index contributed by atoms with van der Waals surface area (Å²) in [6, 6.07) is 2.25. The van der Waals surface area contributed by atoms with Crippen molar-refractivity contribution in [3.63, 3.8) is 0 Å². The van der Waals surface area contributed by atoms with Gasteiger partial charge in [-0.25, -0.2) is 0 Å². The van der Waals surface area contributed by atoms with Crippen LogP contribution in [0.4, 0.5) is 5.69 Å². The van der Waals surface area contributed by atoms with Crippen LogP contribution in [0.2, 0.25) is 0 Å². The molecule has 0 saturated carbocycles. The highest BCUT2D eigenvalue weighted by Gasteiger charge is 2.37. The van der Waals surface area contributed by atoms with Gasteiger partial charge in [-0.2, -0.15) is 8.42 Å². The molecule has 0 unspecified atom stereocenters. The minimum Gasteiger partial charge on any atom is -0.426 e. The molecule has 0 atom stereocenters. The first kappa shape index (κ1) is 15.2. The lowest BCUT2D eigenvalue weighted by atomic mass is 9.79. The zero-order chi connectivity index (χ0) is 16.0. The molecule has 2 rings (SSSR count). The summed E-state index contributed by atoms with van der Waals surface area (Å²) in [5.41, 5.74) is -0.744. The van der Waals surface area contributed by atoms with E-state index >= 15 is 0 Å². The van der Waals surface area contributed by atoms with Crippen molar-refractivity contribution >= 4 is 21.8 Å². The maximum absolute atomic E-state index is 11.5. The Morgan fingerprint density at radius 3 is 2.52 bits per heavy atom. The molecule has 0 bridgehead atoms. The van der Waals surface area contributed by atoms with Gasteiger partial charge in [0.25, 0.3) is 0 Å². The van der Waals surface area contributed by atoms with Gasteiger partial charge in [0.1, 0.15) is 5.75 Å². The molecule has 0 spiro atoms. The summed E-state index contributed by atoms with van der Waals surface area (Å²) in [6.45, 7) is 3.50. The lowest BCUT2D eigenvalue weighted by molar-refractivity contribution is -0.385. The molecular formula is C12H13NO7S. The molecule has 1 aromatic carbocycles. The topological polar surface area (TPSA) is 113 Å². The van der Waals surface area contributed by atoms with Gasteiger partial charge in [0.2, 0.25) is 5.75 Å². The third-order valence-electron chi connectivity index (χ3n) is 3.04. The SMILES string of the molecule is CC1(C)CC(=O)Oc2cc([N+](=O)[O-])c(OS(C)(=O)=O)cc21. The number of carbonyl (C=O) groups excluding carboxylic acids is 1. The Balaban J connectivity index is 2.67. The highest BCUT2D eigenvalue weighted by molar-refractivity contribution is 7.86. The largest absolute Gasteiger partial charge is 0.426 e. The van der Waals surface area contributed by atoms with Crippen LogP contribution >= 0.6 is 0 Å². The van der Waals surface area contributed by atoms with Crippen molar-refractivity contribution in [1.82, 2.24) is 0 Å². The third-order valence-corrected chi connectivity index (χ3v) is 3.52. The zero-order valence-electron chi connectivity index (χ0n) is 11.6. The number of esters is 1. The summed E-state index contributed by atoms with van der Waals surface area (Å²) < 4.78 is 32.1. The molecular weight excluding hydrogens is 302 g/mol. The zero-order valence-corrected chi connectivity index (χ0v) is 12.4. The predicted molar refractivity (Wildman–Crippen MR) is 71.8 cm³/mol. The Hall–Kier alpha value is -2.16. The van der Waals surface area contributed by atoms with Crippen LogP contribution in [0, 0.1) is 10.1 Å². The lowest BCUT2D eigenvalue weighted by Crippen LogP contribution is -2.30. The normalized spacial score (nSPS) is 16.8. The van der Waals surface area contributed by atoms with Crippen molar-refractivity contribution < 1.29 is 27.1 Å². The number of benzene rings is 1. The molecule has 1 aliphatic rings. The van der Waals surface area contributed by atoms with E-state index in [1.165, 1.54) is 6.07 Å². The molecule has 0 N–H and O–H groups in total. The van der Waals surface area contributed by atoms with Crippen LogP contribution in [-0.2, 0) is 20.3 Å². The van der Waals surface area contributed by atoms with E-state index < -0.39 is 37.9 Å². The number of fused-ring (bicyclic) bond motifs is 1. The number of hydrogen-bond donors (Lipinski definition) is 0. The Bertz CT molecular complexity index is 736. The average molecular weight is 315 g/mol. The minimum absolute atomic E-state index is 0.0452. The second-order valence-corrected chi connectivity index (χ2v) is 6.97. The number of rotatable bonds is 3. The molecule has 114 valence electrons. The van der Waals surface area contributed by atoms with E-state index in [0.717, 1.165) is 12.3 Å². The highest BCUT2D eigenvalue weighted by Crippen LogP contribution is 2.44. The summed E-state index contributed by atoms with van der Waals surface area (Å²) in [4.78, 5) is 21.7. The van der Waals surface area contributed by atoms with Gasteiger partial charge >= 0.3 is 21.8 Å². The second kappa shape index (κ2) is 4.69. The maximum atomic E-state index is 11.5. The second-order valence-electron chi connectivity index (χ2n) is 5.40. The molecule has 21 heavy (non-hydrogen) atoms. The van der Waals surface area contributed by atoms with Crippen molar-refractivity contribution in [2.75, 3.05) is 6.26 Å². The van der Waals surface area contributed by atoms with E-state index in [1.54, 1.807) is 13.8 Å². The van der Waals surface area contributed by atoms with Gasteiger partial charge in [0, 0.05) is 11.0 Å². The molecule has 0 aromatic heterocycles. The average Bonchev–Trinajstić information content (AvgIpc) is 2.25. The molecule has 1 aromatic rings. The molecule has 0 amide bonds. The maximum Gasteiger partial charge on any atom is 0.316 e. The van der Waals surface area contributed by atoms with Crippen molar-refractivity contribution in [1.29, 1.82) is 0 Å². The van der Waals surface area contributed by atoms with Crippen molar-refractivity contribution in [3.05, 3.63) is 27.8 Å². The van der Waals surface area contributed by atoms with Crippen LogP contribution in [-0.4, -0.2) is 25.6 Å². The van der Waals surface area contributed by atoms with Crippen molar-refractivity contribution in [2.24, 2.45) is 0 Å². The lowest BCUT2D eigenvalue weighted by Gasteiger charge is -2.30. The van der Waals surface area contributed by atoms with Gasteiger partial charge < -0.3 is 8.92 Å². The van der Waals surface area contributed by atoms with E-state index in [0.29, 0.717) is 5.56 Å². The van der Waals surface area contributed by atoms with E-state index in [2.05, 4.69) is 4.18 Å². The van der Waals surface area contributed by atoms with Gasteiger partial charge in [0.15, 0.2) is 0 Å². The predicted octanol–water partition coefficient (Wildman–Crippen LogP) is 1.52. The van der Waals surface area contributed by atoms with Crippen molar-refractivity contribution in [2.45, 2.75) is 25.7 Å². The Morgan fingerprint density at radius 2 is 2.00 bits per heavy atom. The van der Waals surface area contributed by atoms with Crippen LogP contribution in [0.1, 0.15) is 25.8 Å². The van der Waals surface area contributed by atoms with Gasteiger partial charge in [0.05, 0.1) is 23.7 Å². The van der Waals surface area contributed by atoms with E-state index in [4.69, 9.17) is 4.74 Å². The fourth-order valence-corrected chi connectivity index (χ4v) is 2.61. The first-order valence-corrected chi connectivity index (χ1v) is 7.74. The van der Waals surface area contributed by atoms with Gasteiger partial charge in [-0.15, -0.1) is 0 Å². The molecule has 0 fully saturated rings. The molecule has 0 saturated heterocycles. The summed E-state index contributed by atoms with van der Waals surface area (Å²) in [5.74, 6) is -0.852. The quantitative estimate of drug-likeness (QED) is 0.273. The van der Waals surface area contributed by atoms with Crippen LogP contribution < -0.4 is 8.92 Å². The summed E-state index contributed by atoms with van der Waals surface area (Å²) >= 11 is 0. The van der Waals surface area contributed by atoms with Crippen LogP contribution in [0.15, 0.2) is 12.1 Å². The number of ether oxygens (including phenoxy) is 1. The van der Waals surface area contributed by atoms with Crippen LogP contribution in [0.25, 0.3) is 0 Å². The standard InChI is InChI=1S/C12H13NO7S/c1-12(2)6-11(14)19-9-5-8(13(15)16)10(4-7(9)12)20-21(3,17)18/h4-5H,6H2,1-3H3. The first-order valence-electron chi connectivity index (χ1n) is 5.93. The fraction of sp³-hybridized carbons (Fsp3) is 0.417. The molecule has 9 heteroatoms. The van der Waals surface area contributed by atoms with Crippen molar-refractivity contribution in [3.8, 4) is 11.5 Å². The fourth-order valence-electron chi connectivity index (χ4n) is 2.15. The first-order chi connectivity index (χ1) is 9.49. The smallest absolute Gasteiger partial charge is 0.316 e. The van der Waals surface area contributed by atoms with E-state index in [1.807, 2.05) is 0 Å². The van der Waals surface area contributed by atoms with Crippen LogP contribution in [0.5, 0.6) is 11.5 Å². The molecule has 0 radical (unpaired) electrons. The minimum atomic E-state index is -3.92. The monoisotopic (exact) mass is 315 g/mol. The Kier molecular flexibility index (Phi) is 3.40. The van der Waals surface area contributed by atoms with Gasteiger partial charge in [-0.1, -0.05) is 13.8 Å². The van der Waals surface area contributed by atoms with Gasteiger partial charge in [-0.05, 0) is 6.07 Å². The summed E-state index contributed by atoms with van der Waals surface area (Å²) in [7, 11) is -3.92. The van der Waals surface area contributed by atoms with Crippen LogP contribution in [0.3, 0.4) is 0 Å². The summed E-state index contributed by atoms with van der Waals surface area (Å²) in [6.07, 6.45) is 0.872. The van der Waals surface area contributed by atoms with Gasteiger partial charge in [-0.3, -0.25) is 14.9 Å². The summed E-state index contributed by atoms with van der Waals surface area (Å²) in [5, 5.41) is 11.0. The Labute approximate surface area is 120 Å². The third kappa shape index (κ3) is 3.13. The number of hydrogen-bond acceptors (Lipinski definition) is 7. The molecule has 0 aliphatic carbocycles. The molecule has 8 nitrogen and oxygen atoms in total. The number of carbonyl (C=O) groups is 1. The molecule has 1 aliphatic heterocycles. The van der Waals surface area contributed by atoms with E-state index in [9.17, 15) is 23.3 Å². The molecule has 1 heterocycles. The number of nitrogens with zero attached hydrogens (tertiary/aromatic N) is 1. The Morgan fingerprint density at radius 1 is 1.38 bits per heavy atom. The number of nitro groups is 1. The highest BCUT2D eigenvalue weighted by atomic mass is 32.2.